The van der Waals surface area contributed by atoms with Crippen LogP contribution in [0.4, 0.5) is 0 Å². The summed E-state index contributed by atoms with van der Waals surface area (Å²) in [5, 5.41) is 0.00719. The molecular formula is C20H37NO5Si. The molecule has 156 valence electrons. The first-order chi connectivity index (χ1) is 12.5. The Hall–Kier alpha value is -1.02. The van der Waals surface area contributed by atoms with Crippen LogP contribution in [0, 0.1) is 0 Å². The Labute approximate surface area is 165 Å². The van der Waals surface area contributed by atoms with Crippen LogP contribution in [0.5, 0.6) is 0 Å². The van der Waals surface area contributed by atoms with E-state index < -0.39 is 32.9 Å². The maximum atomic E-state index is 11.7. The average molecular weight is 400 g/mol. The number of rotatable bonds is 10. The number of carbonyl (C=O) groups is 2. The minimum atomic E-state index is -2.12. The Morgan fingerprint density at radius 2 is 1.89 bits per heavy atom. The van der Waals surface area contributed by atoms with E-state index in [2.05, 4.69) is 40.8 Å². The van der Waals surface area contributed by atoms with Gasteiger partial charge in [-0.05, 0) is 37.6 Å². The Morgan fingerprint density at radius 3 is 2.33 bits per heavy atom. The number of hydrogen-bond donors (Lipinski definition) is 0. The van der Waals surface area contributed by atoms with Crippen molar-refractivity contribution in [3.05, 3.63) is 12.3 Å². The van der Waals surface area contributed by atoms with Crippen LogP contribution in [-0.2, 0) is 23.5 Å². The molecular weight excluding hydrogens is 362 g/mol. The molecule has 0 radical (unpaired) electrons. The summed E-state index contributed by atoms with van der Waals surface area (Å²) < 4.78 is 18.3. The first kappa shape index (κ1) is 24.0. The van der Waals surface area contributed by atoms with E-state index in [1.807, 2.05) is 4.90 Å². The zero-order chi connectivity index (χ0) is 20.8. The lowest BCUT2D eigenvalue weighted by atomic mass is 10.1. The van der Waals surface area contributed by atoms with Crippen molar-refractivity contribution in [2.24, 2.45) is 0 Å². The van der Waals surface area contributed by atoms with Crippen molar-refractivity contribution in [2.75, 3.05) is 13.7 Å². The highest BCUT2D eigenvalue weighted by atomic mass is 28.4. The maximum Gasteiger partial charge on any atom is 0.192 e. The predicted molar refractivity (Wildman–Crippen MR) is 109 cm³/mol. The topological polar surface area (TPSA) is 65.1 Å². The van der Waals surface area contributed by atoms with E-state index >= 15 is 0 Å². The minimum absolute atomic E-state index is 0.00719. The monoisotopic (exact) mass is 399 g/mol. The van der Waals surface area contributed by atoms with Gasteiger partial charge >= 0.3 is 0 Å². The van der Waals surface area contributed by atoms with E-state index in [0.29, 0.717) is 6.54 Å². The summed E-state index contributed by atoms with van der Waals surface area (Å²) in [7, 11) is -0.508. The lowest BCUT2D eigenvalue weighted by Gasteiger charge is -2.40. The van der Waals surface area contributed by atoms with E-state index in [4.69, 9.17) is 13.9 Å². The Kier molecular flexibility index (Phi) is 8.86. The van der Waals surface area contributed by atoms with Gasteiger partial charge < -0.3 is 23.6 Å². The van der Waals surface area contributed by atoms with Crippen LogP contribution in [0.1, 0.15) is 47.5 Å². The van der Waals surface area contributed by atoms with Crippen LogP contribution in [-0.4, -0.2) is 63.5 Å². The van der Waals surface area contributed by atoms with Crippen LogP contribution in [0.3, 0.4) is 0 Å². The van der Waals surface area contributed by atoms with E-state index in [-0.39, 0.29) is 10.8 Å². The van der Waals surface area contributed by atoms with Gasteiger partial charge in [0.25, 0.3) is 0 Å². The zero-order valence-electron chi connectivity index (χ0n) is 18.2. The van der Waals surface area contributed by atoms with Crippen LogP contribution in [0.15, 0.2) is 12.3 Å². The summed E-state index contributed by atoms with van der Waals surface area (Å²) in [5.74, 6) is -0.0375. The molecule has 1 aliphatic rings. The summed E-state index contributed by atoms with van der Waals surface area (Å²) in [6.45, 7) is 15.1. The smallest absolute Gasteiger partial charge is 0.192 e. The number of unbranched alkanes of at least 4 members (excludes halogenated alkanes) is 1. The predicted octanol–water partition coefficient (Wildman–Crippen LogP) is 3.52. The molecule has 0 amide bonds. The van der Waals surface area contributed by atoms with Gasteiger partial charge in [-0.15, -0.1) is 0 Å². The number of carbonyl (C=O) groups excluding carboxylic acids is 2. The van der Waals surface area contributed by atoms with Gasteiger partial charge in [-0.1, -0.05) is 34.1 Å². The van der Waals surface area contributed by atoms with Crippen LogP contribution < -0.4 is 0 Å². The minimum Gasteiger partial charge on any atom is -0.408 e. The number of hydrogen-bond acceptors (Lipinski definition) is 6. The second-order valence-corrected chi connectivity index (χ2v) is 13.4. The second-order valence-electron chi connectivity index (χ2n) is 8.69. The van der Waals surface area contributed by atoms with Crippen molar-refractivity contribution in [3.8, 4) is 0 Å². The third kappa shape index (κ3) is 6.24. The molecule has 7 heteroatoms. The highest BCUT2D eigenvalue weighted by Crippen LogP contribution is 2.40. The summed E-state index contributed by atoms with van der Waals surface area (Å²) in [6.07, 6.45) is 3.97. The lowest BCUT2D eigenvalue weighted by Crippen LogP contribution is -2.51. The highest BCUT2D eigenvalue weighted by molar-refractivity contribution is 6.74. The number of methoxy groups -OCH3 is 1. The molecule has 27 heavy (non-hydrogen) atoms. The molecule has 1 fully saturated rings. The van der Waals surface area contributed by atoms with Gasteiger partial charge in [0, 0.05) is 19.9 Å². The summed E-state index contributed by atoms with van der Waals surface area (Å²) in [6, 6.07) is 0. The van der Waals surface area contributed by atoms with E-state index in [9.17, 15) is 9.59 Å². The van der Waals surface area contributed by atoms with E-state index in [1.165, 1.54) is 13.0 Å². The fraction of sp³-hybridized carbons (Fsp3) is 0.800. The molecule has 6 nitrogen and oxygen atoms in total. The molecule has 0 saturated carbocycles. The van der Waals surface area contributed by atoms with Gasteiger partial charge in [0.05, 0.1) is 0 Å². The highest BCUT2D eigenvalue weighted by Gasteiger charge is 2.51. The number of allylic oxidation sites excluding steroid dienone is 1. The Balaban J connectivity index is 3.14. The van der Waals surface area contributed by atoms with Gasteiger partial charge in [-0.2, -0.15) is 0 Å². The number of ether oxygens (including phenoxy) is 2. The molecule has 1 heterocycles. The first-order valence-corrected chi connectivity index (χ1v) is 12.6. The molecule has 0 aliphatic carbocycles. The molecule has 4 atom stereocenters. The molecule has 0 spiro atoms. The molecule has 1 saturated heterocycles. The largest absolute Gasteiger partial charge is 0.408 e. The van der Waals surface area contributed by atoms with Crippen molar-refractivity contribution in [2.45, 2.75) is 90.1 Å². The van der Waals surface area contributed by atoms with Crippen LogP contribution in [0.2, 0.25) is 18.1 Å². The fourth-order valence-corrected chi connectivity index (χ4v) is 4.07. The fourth-order valence-electron chi connectivity index (χ4n) is 2.77. The van der Waals surface area contributed by atoms with Crippen molar-refractivity contribution in [3.63, 3.8) is 0 Å². The van der Waals surface area contributed by atoms with Gasteiger partial charge in [-0.25, -0.2) is 0 Å². The van der Waals surface area contributed by atoms with Gasteiger partial charge in [0.15, 0.2) is 26.6 Å². The molecule has 0 aromatic heterocycles. The summed E-state index contributed by atoms with van der Waals surface area (Å²) >= 11 is 0. The average Bonchev–Trinajstić information content (AvgIpc) is 2.90. The third-order valence-corrected chi connectivity index (χ3v) is 9.94. The summed E-state index contributed by atoms with van der Waals surface area (Å²) in [4.78, 5) is 25.1. The van der Waals surface area contributed by atoms with Crippen molar-refractivity contribution < 1.29 is 23.5 Å². The van der Waals surface area contributed by atoms with Crippen molar-refractivity contribution in [1.29, 1.82) is 0 Å². The normalized spacial score (nSPS) is 26.5. The molecule has 0 aromatic rings. The molecule has 1 aliphatic heterocycles. The zero-order valence-corrected chi connectivity index (χ0v) is 19.2. The standard InChI is InChI=1S/C20H37NO5Si/c1-9-10-12-21(13-11-15(2)23)19-18(24-6)17(16(14-22)25-19)26-27(7,8)20(3,4)5/h11,13-14,16-19H,9-10,12H2,1-8H3. The van der Waals surface area contributed by atoms with Gasteiger partial charge in [0.2, 0.25) is 0 Å². The third-order valence-electron chi connectivity index (χ3n) is 5.47. The number of aldehydes is 1. The van der Waals surface area contributed by atoms with Crippen molar-refractivity contribution >= 4 is 20.4 Å². The molecule has 0 bridgehead atoms. The summed E-state index contributed by atoms with van der Waals surface area (Å²) in [5.41, 5.74) is 0. The van der Waals surface area contributed by atoms with Crippen molar-refractivity contribution in [1.82, 2.24) is 4.90 Å². The molecule has 1 rings (SSSR count). The SMILES string of the molecule is CCCCN(C=CC(C)=O)C1OC(C=O)C(O[Si](C)(C)C(C)(C)C)C1OC. The second kappa shape index (κ2) is 9.96. The maximum absolute atomic E-state index is 11.7. The molecule has 0 N–H and O–H groups in total. The van der Waals surface area contributed by atoms with Crippen LogP contribution in [0.25, 0.3) is 0 Å². The van der Waals surface area contributed by atoms with Gasteiger partial charge in [0.1, 0.15) is 18.3 Å². The van der Waals surface area contributed by atoms with E-state index in [0.717, 1.165) is 19.1 Å². The van der Waals surface area contributed by atoms with Gasteiger partial charge in [-0.3, -0.25) is 4.79 Å². The lowest BCUT2D eigenvalue weighted by molar-refractivity contribution is -0.125. The Bertz CT molecular complexity index is 529. The van der Waals surface area contributed by atoms with Crippen LogP contribution >= 0.6 is 0 Å². The van der Waals surface area contributed by atoms with E-state index in [1.54, 1.807) is 13.3 Å². The number of ketones is 1. The molecule has 4 unspecified atom stereocenters. The first-order valence-electron chi connectivity index (χ1n) is 9.74. The quantitative estimate of drug-likeness (QED) is 0.318. The molecule has 0 aromatic carbocycles. The Morgan fingerprint density at radius 1 is 1.26 bits per heavy atom. The number of nitrogens with zero attached hydrogens (tertiary/aromatic N) is 1.